The average molecular weight is 508 g/mol. The predicted octanol–water partition coefficient (Wildman–Crippen LogP) is 5.83. The van der Waals surface area contributed by atoms with Crippen LogP contribution in [0.2, 0.25) is 0 Å². The molecule has 7 heteroatoms. The minimum atomic E-state index is -0.252. The lowest BCUT2D eigenvalue weighted by Crippen LogP contribution is -2.17. The molecule has 0 atom stereocenters. The molecular weight excluding hydrogens is 487 g/mol. The van der Waals surface area contributed by atoms with Gasteiger partial charge in [-0.3, -0.25) is 0 Å². The van der Waals surface area contributed by atoms with Gasteiger partial charge in [0.05, 0.1) is 5.52 Å². The molecule has 0 saturated carbocycles. The van der Waals surface area contributed by atoms with E-state index in [1.165, 1.54) is 12.1 Å². The smallest absolute Gasteiger partial charge is 0.155 e. The molecule has 146 valence electrons. The second-order valence-electron chi connectivity index (χ2n) is 6.68. The summed E-state index contributed by atoms with van der Waals surface area (Å²) in [6.07, 6.45) is 4.73. The van der Waals surface area contributed by atoms with E-state index < -0.39 is 0 Å². The summed E-state index contributed by atoms with van der Waals surface area (Å²) >= 11 is 7.14. The maximum absolute atomic E-state index is 13.1. The highest BCUT2D eigenvalue weighted by molar-refractivity contribution is 9.11. The summed E-state index contributed by atoms with van der Waals surface area (Å²) in [5, 5.41) is 4.39. The Labute approximate surface area is 181 Å². The lowest BCUT2D eigenvalue weighted by Gasteiger charge is -2.13. The van der Waals surface area contributed by atoms with Crippen LogP contribution in [0.1, 0.15) is 17.8 Å². The van der Waals surface area contributed by atoms with Crippen molar-refractivity contribution in [3.63, 3.8) is 0 Å². The van der Waals surface area contributed by atoms with Crippen LogP contribution in [0, 0.1) is 5.82 Å². The second kappa shape index (κ2) is 9.58. The van der Waals surface area contributed by atoms with Crippen LogP contribution in [0.4, 0.5) is 10.2 Å². The first-order valence-corrected chi connectivity index (χ1v) is 10.5. The Kier molecular flexibility index (Phi) is 7.15. The van der Waals surface area contributed by atoms with Crippen molar-refractivity contribution in [3.05, 3.63) is 62.5 Å². The molecule has 0 unspecified atom stereocenters. The number of aromatic nitrogens is 2. The third-order valence-corrected chi connectivity index (χ3v) is 5.17. The number of halogens is 3. The number of hydrogen-bond donors (Lipinski definition) is 1. The third kappa shape index (κ3) is 5.59. The Hall–Kier alpha value is -1.83. The Balaban J connectivity index is 1.93. The number of nitrogens with one attached hydrogen (secondary N) is 1. The minimum absolute atomic E-state index is 0.252. The van der Waals surface area contributed by atoms with Gasteiger partial charge in [0.25, 0.3) is 0 Å². The fourth-order valence-electron chi connectivity index (χ4n) is 2.73. The molecule has 0 bridgehead atoms. The summed E-state index contributed by atoms with van der Waals surface area (Å²) in [4.78, 5) is 11.5. The summed E-state index contributed by atoms with van der Waals surface area (Å²) in [7, 11) is 4.12. The van der Waals surface area contributed by atoms with Crippen molar-refractivity contribution in [2.45, 2.75) is 6.42 Å². The molecule has 0 aliphatic heterocycles. The van der Waals surface area contributed by atoms with E-state index in [-0.39, 0.29) is 5.82 Å². The van der Waals surface area contributed by atoms with Gasteiger partial charge in [0.1, 0.15) is 11.6 Å². The molecule has 1 aromatic heterocycles. The minimum Gasteiger partial charge on any atom is -0.369 e. The largest absolute Gasteiger partial charge is 0.369 e. The maximum Gasteiger partial charge on any atom is 0.155 e. The zero-order valence-electron chi connectivity index (χ0n) is 15.7. The van der Waals surface area contributed by atoms with E-state index in [4.69, 9.17) is 4.98 Å². The maximum atomic E-state index is 13.1. The predicted molar refractivity (Wildman–Crippen MR) is 122 cm³/mol. The van der Waals surface area contributed by atoms with Crippen LogP contribution < -0.4 is 5.32 Å². The molecular formula is C21H21Br2FN4. The molecule has 2 aromatic carbocycles. The first kappa shape index (κ1) is 20.9. The van der Waals surface area contributed by atoms with Crippen molar-refractivity contribution in [1.82, 2.24) is 14.9 Å². The number of rotatable bonds is 7. The van der Waals surface area contributed by atoms with Gasteiger partial charge >= 0.3 is 0 Å². The fraction of sp³-hybridized carbons (Fsp3) is 0.238. The number of hydrogen-bond acceptors (Lipinski definition) is 4. The topological polar surface area (TPSA) is 41.0 Å². The van der Waals surface area contributed by atoms with Gasteiger partial charge in [0.15, 0.2) is 5.82 Å². The Morgan fingerprint density at radius 2 is 1.82 bits per heavy atom. The van der Waals surface area contributed by atoms with Crippen LogP contribution in [0.3, 0.4) is 0 Å². The molecule has 28 heavy (non-hydrogen) atoms. The van der Waals surface area contributed by atoms with Gasteiger partial charge < -0.3 is 10.2 Å². The number of benzene rings is 2. The van der Waals surface area contributed by atoms with Crippen LogP contribution in [-0.2, 0) is 0 Å². The Morgan fingerprint density at radius 1 is 1.07 bits per heavy atom. The molecule has 1 heterocycles. The molecule has 0 fully saturated rings. The van der Waals surface area contributed by atoms with Crippen LogP contribution in [0.25, 0.3) is 23.1 Å². The van der Waals surface area contributed by atoms with E-state index >= 15 is 0 Å². The van der Waals surface area contributed by atoms with Crippen molar-refractivity contribution in [3.8, 4) is 0 Å². The molecule has 0 saturated heterocycles. The van der Waals surface area contributed by atoms with Crippen molar-refractivity contribution in [2.75, 3.05) is 32.5 Å². The number of anilines is 1. The van der Waals surface area contributed by atoms with Crippen molar-refractivity contribution in [1.29, 1.82) is 0 Å². The van der Waals surface area contributed by atoms with Crippen LogP contribution in [-0.4, -0.2) is 42.1 Å². The standard InChI is InChI=1S/C21H21Br2FN4/c1-28(2)11-3-10-25-21-17-12-15(22)13-18(23)20(17)26-19(27-21)9-6-14-4-7-16(24)8-5-14/h4-9,12-13H,3,10-11H2,1-2H3,(H,25,26,27). The molecule has 3 rings (SSSR count). The van der Waals surface area contributed by atoms with Gasteiger partial charge in [-0.2, -0.15) is 0 Å². The highest BCUT2D eigenvalue weighted by Gasteiger charge is 2.10. The summed E-state index contributed by atoms with van der Waals surface area (Å²) in [5.41, 5.74) is 1.73. The lowest BCUT2D eigenvalue weighted by atomic mass is 10.2. The van der Waals surface area contributed by atoms with Gasteiger partial charge in [0.2, 0.25) is 0 Å². The van der Waals surface area contributed by atoms with E-state index in [1.54, 1.807) is 12.1 Å². The number of fused-ring (bicyclic) bond motifs is 1. The molecule has 0 amide bonds. The Morgan fingerprint density at radius 3 is 2.54 bits per heavy atom. The Bertz CT molecular complexity index is 988. The molecule has 4 nitrogen and oxygen atoms in total. The van der Waals surface area contributed by atoms with E-state index in [2.05, 4.69) is 61.2 Å². The van der Waals surface area contributed by atoms with Crippen molar-refractivity contribution in [2.24, 2.45) is 0 Å². The molecule has 3 aromatic rings. The van der Waals surface area contributed by atoms with E-state index in [0.29, 0.717) is 5.82 Å². The highest BCUT2D eigenvalue weighted by Crippen LogP contribution is 2.31. The van der Waals surface area contributed by atoms with Gasteiger partial charge in [0, 0.05) is 20.9 Å². The van der Waals surface area contributed by atoms with Gasteiger partial charge in [-0.25, -0.2) is 14.4 Å². The summed E-state index contributed by atoms with van der Waals surface area (Å²) in [6, 6.07) is 10.3. The zero-order valence-corrected chi connectivity index (χ0v) is 18.9. The van der Waals surface area contributed by atoms with E-state index in [9.17, 15) is 4.39 Å². The fourth-order valence-corrected chi connectivity index (χ4v) is 4.04. The first-order chi connectivity index (χ1) is 13.4. The van der Waals surface area contributed by atoms with E-state index in [1.807, 2.05) is 24.3 Å². The molecule has 0 aliphatic rings. The number of nitrogens with zero attached hydrogens (tertiary/aromatic N) is 3. The highest BCUT2D eigenvalue weighted by atomic mass is 79.9. The van der Waals surface area contributed by atoms with Crippen molar-refractivity contribution < 1.29 is 4.39 Å². The van der Waals surface area contributed by atoms with Gasteiger partial charge in [-0.15, -0.1) is 0 Å². The summed E-state index contributed by atoms with van der Waals surface area (Å²) in [6.45, 7) is 1.82. The van der Waals surface area contributed by atoms with Crippen LogP contribution in [0.15, 0.2) is 45.3 Å². The van der Waals surface area contributed by atoms with Crippen LogP contribution in [0.5, 0.6) is 0 Å². The SMILES string of the molecule is CN(C)CCCNc1nc(C=Cc2ccc(F)cc2)nc2c(Br)cc(Br)cc12. The lowest BCUT2D eigenvalue weighted by molar-refractivity contribution is 0.405. The average Bonchev–Trinajstić information content (AvgIpc) is 2.65. The van der Waals surface area contributed by atoms with E-state index in [0.717, 1.165) is 50.7 Å². The van der Waals surface area contributed by atoms with Gasteiger partial charge in [-0.05, 0) is 78.9 Å². The molecule has 0 radical (unpaired) electrons. The third-order valence-electron chi connectivity index (χ3n) is 4.11. The normalized spacial score (nSPS) is 11.6. The molecule has 0 spiro atoms. The first-order valence-electron chi connectivity index (χ1n) is 8.91. The molecule has 0 aliphatic carbocycles. The van der Waals surface area contributed by atoms with Gasteiger partial charge in [-0.1, -0.05) is 34.1 Å². The second-order valence-corrected chi connectivity index (χ2v) is 8.45. The van der Waals surface area contributed by atoms with Crippen LogP contribution >= 0.6 is 31.9 Å². The quantitative estimate of drug-likeness (QED) is 0.408. The zero-order chi connectivity index (χ0) is 20.1. The summed E-state index contributed by atoms with van der Waals surface area (Å²) < 4.78 is 14.9. The summed E-state index contributed by atoms with van der Waals surface area (Å²) in [5.74, 6) is 1.14. The van der Waals surface area contributed by atoms with Crippen molar-refractivity contribution >= 4 is 60.7 Å². The monoisotopic (exact) mass is 506 g/mol. The molecule has 1 N–H and O–H groups in total.